The van der Waals surface area contributed by atoms with Crippen LogP contribution in [0, 0.1) is 0 Å². The van der Waals surface area contributed by atoms with Crippen molar-refractivity contribution in [1.29, 1.82) is 0 Å². The summed E-state index contributed by atoms with van der Waals surface area (Å²) in [4.78, 5) is 5.24. The minimum Gasteiger partial charge on any atom is -0.265 e. The highest BCUT2D eigenvalue weighted by molar-refractivity contribution is 7.97. The Kier molecular flexibility index (Phi) is 5.64. The first-order valence-electron chi connectivity index (χ1n) is 7.55. The van der Waals surface area contributed by atoms with Crippen molar-refractivity contribution in [3.63, 3.8) is 0 Å². The van der Waals surface area contributed by atoms with Crippen LogP contribution in [-0.2, 0) is 17.3 Å². The van der Waals surface area contributed by atoms with Crippen molar-refractivity contribution in [3.8, 4) is 0 Å². The third-order valence-corrected chi connectivity index (χ3v) is 6.13. The normalized spacial score (nSPS) is 21.6. The van der Waals surface area contributed by atoms with Crippen LogP contribution < -0.4 is 4.72 Å². The lowest BCUT2D eigenvalue weighted by Gasteiger charge is -2.21. The third kappa shape index (κ3) is 4.41. The lowest BCUT2D eigenvalue weighted by atomic mass is 9.94. The van der Waals surface area contributed by atoms with E-state index in [4.69, 9.17) is 0 Å². The largest absolute Gasteiger partial charge is 0.265 e. The van der Waals surface area contributed by atoms with Crippen LogP contribution in [0.25, 0.3) is 0 Å². The first-order valence-corrected chi connectivity index (χ1v) is 9.85. The van der Waals surface area contributed by atoms with Crippen molar-refractivity contribution in [2.75, 3.05) is 11.5 Å². The quantitative estimate of drug-likeness (QED) is 0.851. The minimum absolute atomic E-state index is 0.580. The van der Waals surface area contributed by atoms with Gasteiger partial charge in [-0.25, -0.2) is 0 Å². The fourth-order valence-electron chi connectivity index (χ4n) is 2.64. The van der Waals surface area contributed by atoms with Crippen LogP contribution in [0.2, 0.25) is 0 Å². The van der Waals surface area contributed by atoms with Gasteiger partial charge in [-0.15, -0.1) is 0 Å². The molecule has 116 valence electrons. The maximum absolute atomic E-state index is 11.4. The van der Waals surface area contributed by atoms with Gasteiger partial charge in [-0.2, -0.15) is 0 Å². The molecule has 0 saturated carbocycles. The van der Waals surface area contributed by atoms with Gasteiger partial charge < -0.3 is 0 Å². The lowest BCUT2D eigenvalue weighted by Crippen LogP contribution is -2.16. The summed E-state index contributed by atoms with van der Waals surface area (Å²) in [5, 5.41) is 0. The summed E-state index contributed by atoms with van der Waals surface area (Å²) in [6.07, 6.45) is 5.74. The van der Waals surface area contributed by atoms with Gasteiger partial charge in [0.1, 0.15) is 0 Å². The second kappa shape index (κ2) is 7.90. The monoisotopic (exact) mass is 332 g/mol. The number of benzene rings is 1. The Hall–Kier alpha value is -1.17. The van der Waals surface area contributed by atoms with Crippen molar-refractivity contribution in [1.82, 2.24) is 9.71 Å². The van der Waals surface area contributed by atoms with Gasteiger partial charge in [-0.3, -0.25) is 13.9 Å². The molecule has 1 aliphatic heterocycles. The molecule has 3 rings (SSSR count). The first kappa shape index (κ1) is 15.7. The van der Waals surface area contributed by atoms with E-state index in [1.165, 1.54) is 16.0 Å². The van der Waals surface area contributed by atoms with Gasteiger partial charge in [0, 0.05) is 46.1 Å². The van der Waals surface area contributed by atoms with Crippen LogP contribution in [0.15, 0.2) is 53.7 Å². The highest BCUT2D eigenvalue weighted by Crippen LogP contribution is 2.29. The van der Waals surface area contributed by atoms with Gasteiger partial charge in [-0.1, -0.05) is 12.1 Å². The predicted octanol–water partition coefficient (Wildman–Crippen LogP) is 3.50. The highest BCUT2D eigenvalue weighted by atomic mass is 32.2. The van der Waals surface area contributed by atoms with Crippen molar-refractivity contribution in [2.24, 2.45) is 0 Å². The lowest BCUT2D eigenvalue weighted by molar-refractivity contribution is 0.605. The van der Waals surface area contributed by atoms with E-state index < -0.39 is 10.8 Å². The molecule has 1 fully saturated rings. The van der Waals surface area contributed by atoms with E-state index >= 15 is 0 Å². The van der Waals surface area contributed by atoms with Gasteiger partial charge in [-0.05, 0) is 66.1 Å². The third-order valence-electron chi connectivity index (χ3n) is 3.96. The molecule has 0 unspecified atom stereocenters. The molecule has 1 aromatic carbocycles. The van der Waals surface area contributed by atoms with E-state index in [1.807, 2.05) is 24.5 Å². The van der Waals surface area contributed by atoms with Gasteiger partial charge in [0.05, 0.1) is 0 Å². The molecule has 0 spiro atoms. The number of nitrogens with zero attached hydrogens (tertiary/aromatic N) is 1. The Labute approximate surface area is 138 Å². The summed E-state index contributed by atoms with van der Waals surface area (Å²) >= 11 is 1.65. The fraction of sp³-hybridized carbons (Fsp3) is 0.353. The molecule has 0 bridgehead atoms. The fourth-order valence-corrected chi connectivity index (χ4v) is 4.62. The van der Waals surface area contributed by atoms with Crippen LogP contribution in [0.3, 0.4) is 0 Å². The summed E-state index contributed by atoms with van der Waals surface area (Å²) in [6.45, 7) is 0.823. The van der Waals surface area contributed by atoms with E-state index in [0.717, 1.165) is 30.9 Å². The zero-order valence-corrected chi connectivity index (χ0v) is 14.0. The zero-order chi connectivity index (χ0) is 15.2. The average Bonchev–Trinajstić information content (AvgIpc) is 2.57. The van der Waals surface area contributed by atoms with Crippen LogP contribution in [0.4, 0.5) is 0 Å². The Bertz CT molecular complexity index is 606. The van der Waals surface area contributed by atoms with Crippen LogP contribution in [0.1, 0.15) is 29.9 Å². The summed E-state index contributed by atoms with van der Waals surface area (Å²) in [7, 11) is -0.580. The van der Waals surface area contributed by atoms with Crippen molar-refractivity contribution >= 4 is 22.7 Å². The molecule has 2 aromatic rings. The van der Waals surface area contributed by atoms with Crippen LogP contribution in [0.5, 0.6) is 0 Å². The number of nitrogens with one attached hydrogen (secondary N) is 1. The summed E-state index contributed by atoms with van der Waals surface area (Å²) < 4.78 is 14.8. The van der Waals surface area contributed by atoms with Crippen LogP contribution >= 0.6 is 11.9 Å². The topological polar surface area (TPSA) is 42.0 Å². The van der Waals surface area contributed by atoms with Gasteiger partial charge in [0.25, 0.3) is 0 Å². The highest BCUT2D eigenvalue weighted by Gasteiger charge is 2.19. The number of rotatable bonds is 5. The molecule has 1 N–H and O–H groups in total. The van der Waals surface area contributed by atoms with Gasteiger partial charge in [0.15, 0.2) is 0 Å². The maximum Gasteiger partial charge on any atom is 0.0314 e. The van der Waals surface area contributed by atoms with E-state index in [2.05, 4.69) is 34.0 Å². The summed E-state index contributed by atoms with van der Waals surface area (Å²) in [6, 6.07) is 12.8. The Morgan fingerprint density at radius 2 is 1.77 bits per heavy atom. The molecule has 1 saturated heterocycles. The SMILES string of the molecule is O=S1CCC(c2ccc(SNCc3ccncc3)cc2)CC1. The number of hydrogen-bond acceptors (Lipinski definition) is 4. The molecule has 22 heavy (non-hydrogen) atoms. The Morgan fingerprint density at radius 3 is 2.45 bits per heavy atom. The van der Waals surface area contributed by atoms with Crippen molar-refractivity contribution < 1.29 is 4.21 Å². The van der Waals surface area contributed by atoms with Gasteiger partial charge in [0.2, 0.25) is 0 Å². The zero-order valence-electron chi connectivity index (χ0n) is 12.4. The molecule has 0 aliphatic carbocycles. The standard InChI is InChI=1S/C17H20N2OS2/c20-22-11-7-16(8-12-22)15-1-3-17(4-2-15)21-19-13-14-5-9-18-10-6-14/h1-6,9-10,16,19H,7-8,11-13H2. The molecule has 0 radical (unpaired) electrons. The number of pyridine rings is 1. The second-order valence-corrected chi connectivity index (χ2v) is 8.13. The van der Waals surface area contributed by atoms with Gasteiger partial charge >= 0.3 is 0 Å². The van der Waals surface area contributed by atoms with Crippen molar-refractivity contribution in [3.05, 3.63) is 59.9 Å². The number of aromatic nitrogens is 1. The summed E-state index contributed by atoms with van der Waals surface area (Å²) in [5.74, 6) is 2.30. The average molecular weight is 332 g/mol. The first-order chi connectivity index (χ1) is 10.8. The molecule has 2 heterocycles. The smallest absolute Gasteiger partial charge is 0.0314 e. The number of hydrogen-bond donors (Lipinski definition) is 1. The molecule has 3 nitrogen and oxygen atoms in total. The van der Waals surface area contributed by atoms with E-state index in [-0.39, 0.29) is 0 Å². The molecule has 5 heteroatoms. The molecule has 1 aliphatic rings. The molecular weight excluding hydrogens is 312 g/mol. The summed E-state index contributed by atoms with van der Waals surface area (Å²) in [5.41, 5.74) is 2.62. The molecule has 0 atom stereocenters. The second-order valence-electron chi connectivity index (χ2n) is 5.47. The van der Waals surface area contributed by atoms with E-state index in [9.17, 15) is 4.21 Å². The molecule has 1 aromatic heterocycles. The van der Waals surface area contributed by atoms with E-state index in [1.54, 1.807) is 11.9 Å². The Balaban J connectivity index is 1.50. The predicted molar refractivity (Wildman–Crippen MR) is 93.2 cm³/mol. The van der Waals surface area contributed by atoms with Crippen molar-refractivity contribution in [2.45, 2.75) is 30.2 Å². The molecule has 0 amide bonds. The Morgan fingerprint density at radius 1 is 1.09 bits per heavy atom. The maximum atomic E-state index is 11.4. The molecular formula is C17H20N2OS2. The minimum atomic E-state index is -0.580. The van der Waals surface area contributed by atoms with E-state index in [0.29, 0.717) is 5.92 Å². The van der Waals surface area contributed by atoms with Crippen LogP contribution in [-0.4, -0.2) is 20.7 Å².